The van der Waals surface area contributed by atoms with Crippen LogP contribution in [0.4, 0.5) is 22.0 Å². The molecule has 2 amide bonds. The molecule has 0 radical (unpaired) electrons. The van der Waals surface area contributed by atoms with E-state index in [-0.39, 0.29) is 29.4 Å². The summed E-state index contributed by atoms with van der Waals surface area (Å²) < 4.78 is 69.9. The number of halogens is 5. The van der Waals surface area contributed by atoms with Crippen molar-refractivity contribution in [3.8, 4) is 11.3 Å². The molecule has 43 heavy (non-hydrogen) atoms. The Labute approximate surface area is 248 Å². The van der Waals surface area contributed by atoms with E-state index in [4.69, 9.17) is 0 Å². The fraction of sp³-hybridized carbons (Fsp3) is 0.645. The maximum absolute atomic E-state index is 13.9. The highest BCUT2D eigenvalue weighted by Gasteiger charge is 2.46. The van der Waals surface area contributed by atoms with E-state index in [2.05, 4.69) is 20.6 Å². The highest BCUT2D eigenvalue weighted by molar-refractivity contribution is 5.94. The fourth-order valence-corrected chi connectivity index (χ4v) is 6.59. The molecule has 3 fully saturated rings. The summed E-state index contributed by atoms with van der Waals surface area (Å²) in [7, 11) is 0. The molecule has 1 aromatic carbocycles. The second kappa shape index (κ2) is 13.3. The van der Waals surface area contributed by atoms with Crippen molar-refractivity contribution in [3.63, 3.8) is 0 Å². The Hall–Kier alpha value is -3.02. The number of hydrogen-bond acceptors (Lipinski definition) is 4. The van der Waals surface area contributed by atoms with Crippen molar-refractivity contribution in [2.75, 3.05) is 19.6 Å². The first-order chi connectivity index (χ1) is 20.5. The van der Waals surface area contributed by atoms with E-state index in [0.29, 0.717) is 6.42 Å². The zero-order chi connectivity index (χ0) is 30.6. The lowest BCUT2D eigenvalue weighted by Gasteiger charge is -2.35. The van der Waals surface area contributed by atoms with Gasteiger partial charge in [0, 0.05) is 36.9 Å². The van der Waals surface area contributed by atoms with Gasteiger partial charge in [0.1, 0.15) is 0 Å². The van der Waals surface area contributed by atoms with E-state index in [0.717, 1.165) is 70.6 Å². The van der Waals surface area contributed by atoms with Crippen molar-refractivity contribution in [2.24, 2.45) is 0 Å². The third-order valence-electron chi connectivity index (χ3n) is 8.85. The SMILES string of the molecule is O=C(C[C@H](CCCN1CCCCC1)NC(=O)c1cc(-c2ccccc2C(F)(F)F)n(C2CCCC2)n1)NC1CC(F)(F)C1. The molecule has 2 aromatic rings. The zero-order valence-corrected chi connectivity index (χ0v) is 24.3. The van der Waals surface area contributed by atoms with Crippen molar-refractivity contribution < 1.29 is 31.5 Å². The molecule has 2 heterocycles. The van der Waals surface area contributed by atoms with Gasteiger partial charge >= 0.3 is 6.18 Å². The van der Waals surface area contributed by atoms with Crippen LogP contribution in [0.2, 0.25) is 0 Å². The molecule has 1 aliphatic heterocycles. The highest BCUT2D eigenvalue weighted by Crippen LogP contribution is 2.40. The quantitative estimate of drug-likeness (QED) is 0.291. The van der Waals surface area contributed by atoms with E-state index in [1.54, 1.807) is 4.68 Å². The number of rotatable bonds is 11. The third-order valence-corrected chi connectivity index (χ3v) is 8.85. The number of carbonyl (C=O) groups excluding carboxylic acids is 2. The van der Waals surface area contributed by atoms with E-state index >= 15 is 0 Å². The molecule has 2 saturated carbocycles. The maximum Gasteiger partial charge on any atom is 0.417 e. The molecule has 0 spiro atoms. The van der Waals surface area contributed by atoms with Gasteiger partial charge in [-0.25, -0.2) is 8.78 Å². The Morgan fingerprint density at radius 3 is 2.40 bits per heavy atom. The highest BCUT2D eigenvalue weighted by atomic mass is 19.4. The van der Waals surface area contributed by atoms with Gasteiger partial charge in [0.15, 0.2) is 5.69 Å². The van der Waals surface area contributed by atoms with Crippen molar-refractivity contribution >= 4 is 11.8 Å². The summed E-state index contributed by atoms with van der Waals surface area (Å²) in [6.07, 6.45) is 2.59. The van der Waals surface area contributed by atoms with Gasteiger partial charge in [-0.2, -0.15) is 18.3 Å². The lowest BCUT2D eigenvalue weighted by molar-refractivity contribution is -0.137. The average molecular weight is 610 g/mol. The van der Waals surface area contributed by atoms with Crippen LogP contribution in [-0.4, -0.2) is 64.1 Å². The van der Waals surface area contributed by atoms with Crippen molar-refractivity contribution in [3.05, 3.63) is 41.6 Å². The number of hydrogen-bond donors (Lipinski definition) is 2. The van der Waals surface area contributed by atoms with Crippen LogP contribution in [0.1, 0.15) is 99.1 Å². The topological polar surface area (TPSA) is 79.3 Å². The number of aromatic nitrogens is 2. The van der Waals surface area contributed by atoms with Crippen LogP contribution in [0.3, 0.4) is 0 Å². The van der Waals surface area contributed by atoms with Crippen LogP contribution in [-0.2, 0) is 11.0 Å². The molecule has 1 aromatic heterocycles. The smallest absolute Gasteiger partial charge is 0.353 e. The summed E-state index contributed by atoms with van der Waals surface area (Å²) >= 11 is 0. The predicted molar refractivity (Wildman–Crippen MR) is 152 cm³/mol. The molecule has 5 rings (SSSR count). The van der Waals surface area contributed by atoms with Gasteiger partial charge in [-0.1, -0.05) is 37.5 Å². The van der Waals surface area contributed by atoms with Crippen molar-refractivity contribution in [1.82, 2.24) is 25.3 Å². The Bertz CT molecular complexity index is 1260. The number of carbonyl (C=O) groups is 2. The number of nitrogens with zero attached hydrogens (tertiary/aromatic N) is 3. The van der Waals surface area contributed by atoms with E-state index < -0.39 is 54.4 Å². The van der Waals surface area contributed by atoms with Gasteiger partial charge < -0.3 is 15.5 Å². The molecule has 7 nitrogen and oxygen atoms in total. The Morgan fingerprint density at radius 2 is 1.72 bits per heavy atom. The van der Waals surface area contributed by atoms with Gasteiger partial charge in [0.25, 0.3) is 11.8 Å². The molecule has 12 heteroatoms. The van der Waals surface area contributed by atoms with E-state index in [1.807, 2.05) is 0 Å². The van der Waals surface area contributed by atoms with Crippen molar-refractivity contribution in [2.45, 2.75) is 107 Å². The Morgan fingerprint density at radius 1 is 1.02 bits per heavy atom. The maximum atomic E-state index is 13.9. The summed E-state index contributed by atoms with van der Waals surface area (Å²) in [5.41, 5.74) is -0.618. The predicted octanol–water partition coefficient (Wildman–Crippen LogP) is 6.35. The largest absolute Gasteiger partial charge is 0.417 e. The number of benzene rings is 1. The summed E-state index contributed by atoms with van der Waals surface area (Å²) in [6, 6.07) is 5.39. The van der Waals surface area contributed by atoms with Gasteiger partial charge in [0.2, 0.25) is 5.91 Å². The summed E-state index contributed by atoms with van der Waals surface area (Å²) in [5, 5.41) is 10.0. The standard InChI is InChI=1S/C31H40F5N5O2/c32-30(33)19-22(20-30)37-28(42)17-21(9-8-16-40-14-6-1-7-15-40)38-29(43)26-18-27(41(39-26)23-10-2-3-11-23)24-12-4-5-13-25(24)31(34,35)36/h4-5,12-13,18,21-23H,1-3,6-11,14-17,19-20H2,(H,37,42)(H,38,43)/t21-/m0/s1. The Kier molecular flexibility index (Phi) is 9.73. The number of nitrogens with one attached hydrogen (secondary N) is 2. The molecule has 1 atom stereocenters. The minimum Gasteiger partial charge on any atom is -0.353 e. The third kappa shape index (κ3) is 8.13. The second-order valence-corrected chi connectivity index (χ2v) is 12.3. The first-order valence-corrected chi connectivity index (χ1v) is 15.4. The van der Waals surface area contributed by atoms with Gasteiger partial charge in [-0.15, -0.1) is 0 Å². The molecule has 0 bridgehead atoms. The molecular formula is C31H40F5N5O2. The van der Waals surface area contributed by atoms with Gasteiger partial charge in [-0.05, 0) is 70.3 Å². The summed E-state index contributed by atoms with van der Waals surface area (Å²) in [4.78, 5) is 28.6. The van der Waals surface area contributed by atoms with Crippen LogP contribution >= 0.6 is 0 Å². The zero-order valence-electron chi connectivity index (χ0n) is 24.3. The lowest BCUT2D eigenvalue weighted by atomic mass is 9.88. The van der Waals surface area contributed by atoms with Crippen LogP contribution in [0.25, 0.3) is 11.3 Å². The molecule has 0 unspecified atom stereocenters. The molecule has 2 N–H and O–H groups in total. The van der Waals surface area contributed by atoms with Crippen LogP contribution < -0.4 is 10.6 Å². The van der Waals surface area contributed by atoms with E-state index in [1.165, 1.54) is 30.7 Å². The second-order valence-electron chi connectivity index (χ2n) is 12.3. The molecule has 1 saturated heterocycles. The first kappa shape index (κ1) is 31.4. The number of amides is 2. The monoisotopic (exact) mass is 609 g/mol. The number of alkyl halides is 5. The molecule has 3 aliphatic rings. The van der Waals surface area contributed by atoms with Crippen molar-refractivity contribution in [1.29, 1.82) is 0 Å². The first-order valence-electron chi connectivity index (χ1n) is 15.4. The van der Waals surface area contributed by atoms with Crippen LogP contribution in [0.5, 0.6) is 0 Å². The normalized spacial score (nSPS) is 20.5. The summed E-state index contributed by atoms with van der Waals surface area (Å²) in [6.45, 7) is 2.83. The minimum atomic E-state index is -4.58. The van der Waals surface area contributed by atoms with E-state index in [9.17, 15) is 31.5 Å². The molecular weight excluding hydrogens is 569 g/mol. The van der Waals surface area contributed by atoms with Gasteiger partial charge in [0.05, 0.1) is 17.3 Å². The average Bonchev–Trinajstić information content (AvgIpc) is 3.63. The van der Waals surface area contributed by atoms with Crippen LogP contribution in [0.15, 0.2) is 30.3 Å². The van der Waals surface area contributed by atoms with Crippen LogP contribution in [0, 0.1) is 0 Å². The molecule has 236 valence electrons. The molecule has 2 aliphatic carbocycles. The lowest BCUT2D eigenvalue weighted by Crippen LogP contribution is -2.51. The fourth-order valence-electron chi connectivity index (χ4n) is 6.59. The number of piperidine rings is 1. The Balaban J connectivity index is 1.33. The summed E-state index contributed by atoms with van der Waals surface area (Å²) in [5.74, 6) is -3.76. The minimum absolute atomic E-state index is 0.0149. The van der Waals surface area contributed by atoms with Gasteiger partial charge in [-0.3, -0.25) is 14.3 Å². The number of likely N-dealkylation sites (tertiary alicyclic amines) is 1.